The molecule has 6 heteroatoms. The van der Waals surface area contributed by atoms with Crippen molar-refractivity contribution in [1.82, 2.24) is 0 Å². The number of β-lactam (4-membered cyclic amide) rings is 1. The Hall–Kier alpha value is -0.690. The molecule has 2 atom stereocenters. The molecule has 19 heavy (non-hydrogen) atoms. The molecule has 1 amide bonds. The summed E-state index contributed by atoms with van der Waals surface area (Å²) in [6.45, 7) is 0. The number of hydrogen-bond acceptors (Lipinski definition) is 3. The highest BCUT2D eigenvalue weighted by molar-refractivity contribution is 9.11. The Morgan fingerprint density at radius 2 is 1.79 bits per heavy atom. The summed E-state index contributed by atoms with van der Waals surface area (Å²) in [5, 5.41) is 0. The molecular formula is C13H10Br2N2OS. The van der Waals surface area contributed by atoms with Gasteiger partial charge in [0.1, 0.15) is 6.04 Å². The van der Waals surface area contributed by atoms with Crippen LogP contribution < -0.4 is 10.6 Å². The smallest absolute Gasteiger partial charge is 0.247 e. The monoisotopic (exact) mass is 400 g/mol. The molecule has 0 aliphatic carbocycles. The van der Waals surface area contributed by atoms with E-state index in [-0.39, 0.29) is 11.9 Å². The summed E-state index contributed by atoms with van der Waals surface area (Å²) in [5.74, 6) is -0.0307. The molecule has 1 aliphatic heterocycles. The van der Waals surface area contributed by atoms with E-state index in [4.69, 9.17) is 5.73 Å². The number of thiophene rings is 1. The summed E-state index contributed by atoms with van der Waals surface area (Å²) in [6, 6.07) is 11.2. The van der Waals surface area contributed by atoms with Crippen LogP contribution in [0.2, 0.25) is 0 Å². The lowest BCUT2D eigenvalue weighted by Gasteiger charge is -2.44. The molecule has 1 aliphatic rings. The van der Waals surface area contributed by atoms with Crippen LogP contribution in [-0.4, -0.2) is 11.9 Å². The third-order valence-corrected chi connectivity index (χ3v) is 5.35. The van der Waals surface area contributed by atoms with Gasteiger partial charge >= 0.3 is 0 Å². The van der Waals surface area contributed by atoms with Crippen molar-refractivity contribution in [2.45, 2.75) is 12.1 Å². The third-order valence-electron chi connectivity index (χ3n) is 3.13. The largest absolute Gasteiger partial charge is 0.318 e. The third kappa shape index (κ3) is 2.27. The van der Waals surface area contributed by atoms with Crippen molar-refractivity contribution in [1.29, 1.82) is 0 Å². The standard InChI is InChI=1S/C13H10Br2N2OS/c14-7-1-3-8(4-2-7)17-12(11(16)13(17)18)9-5-6-10(15)19-9/h1-6,11-12H,16H2/t11-,12+/m1/s1. The van der Waals surface area contributed by atoms with Crippen LogP contribution in [0.4, 0.5) is 5.69 Å². The minimum absolute atomic E-state index is 0.0307. The second-order valence-corrected chi connectivity index (χ2v) is 7.71. The molecule has 1 aromatic heterocycles. The van der Waals surface area contributed by atoms with Crippen LogP contribution in [0, 0.1) is 0 Å². The van der Waals surface area contributed by atoms with Crippen LogP contribution >= 0.6 is 43.2 Å². The lowest BCUT2D eigenvalue weighted by molar-refractivity contribution is -0.126. The summed E-state index contributed by atoms with van der Waals surface area (Å²) in [7, 11) is 0. The Morgan fingerprint density at radius 3 is 2.37 bits per heavy atom. The Morgan fingerprint density at radius 1 is 1.11 bits per heavy atom. The Bertz CT molecular complexity index is 626. The topological polar surface area (TPSA) is 46.3 Å². The minimum atomic E-state index is -0.450. The summed E-state index contributed by atoms with van der Waals surface area (Å²) in [6.07, 6.45) is 0. The fraction of sp³-hybridized carbons (Fsp3) is 0.154. The number of carbonyl (C=O) groups excluding carboxylic acids is 1. The second-order valence-electron chi connectivity index (χ2n) is 4.30. The van der Waals surface area contributed by atoms with Gasteiger partial charge in [0, 0.05) is 15.0 Å². The van der Waals surface area contributed by atoms with Crippen molar-refractivity contribution < 1.29 is 4.79 Å². The van der Waals surface area contributed by atoms with Crippen LogP contribution in [0.15, 0.2) is 44.7 Å². The number of anilines is 1. The zero-order valence-corrected chi connectivity index (χ0v) is 13.7. The highest BCUT2D eigenvalue weighted by atomic mass is 79.9. The van der Waals surface area contributed by atoms with Gasteiger partial charge in [-0.15, -0.1) is 11.3 Å². The fourth-order valence-electron chi connectivity index (χ4n) is 2.19. The van der Waals surface area contributed by atoms with E-state index in [0.29, 0.717) is 0 Å². The number of nitrogens with zero attached hydrogens (tertiary/aromatic N) is 1. The van der Waals surface area contributed by atoms with Crippen molar-refractivity contribution in [2.75, 3.05) is 4.90 Å². The van der Waals surface area contributed by atoms with Gasteiger partial charge in [-0.3, -0.25) is 4.79 Å². The van der Waals surface area contributed by atoms with E-state index in [0.717, 1.165) is 18.8 Å². The van der Waals surface area contributed by atoms with Crippen LogP contribution in [-0.2, 0) is 4.79 Å². The van der Waals surface area contributed by atoms with Crippen molar-refractivity contribution in [3.8, 4) is 0 Å². The molecule has 1 saturated heterocycles. The molecule has 1 aromatic carbocycles. The zero-order chi connectivity index (χ0) is 13.6. The molecule has 98 valence electrons. The zero-order valence-electron chi connectivity index (χ0n) is 9.72. The van der Waals surface area contributed by atoms with E-state index in [1.165, 1.54) is 0 Å². The van der Waals surface area contributed by atoms with Crippen molar-refractivity contribution >= 4 is 54.8 Å². The predicted molar refractivity (Wildman–Crippen MR) is 84.4 cm³/mol. The average Bonchev–Trinajstić information content (AvgIpc) is 2.82. The van der Waals surface area contributed by atoms with E-state index in [1.807, 2.05) is 36.4 Å². The number of hydrogen-bond donors (Lipinski definition) is 1. The van der Waals surface area contributed by atoms with Crippen LogP contribution in [0.5, 0.6) is 0 Å². The van der Waals surface area contributed by atoms with Crippen molar-refractivity contribution in [2.24, 2.45) is 5.73 Å². The lowest BCUT2D eigenvalue weighted by atomic mass is 9.93. The summed E-state index contributed by atoms with van der Waals surface area (Å²) in [5.41, 5.74) is 6.84. The lowest BCUT2D eigenvalue weighted by Crippen LogP contribution is -2.63. The van der Waals surface area contributed by atoms with Gasteiger partial charge < -0.3 is 10.6 Å². The molecule has 0 radical (unpaired) electrons. The van der Waals surface area contributed by atoms with E-state index >= 15 is 0 Å². The normalized spacial score (nSPS) is 22.5. The minimum Gasteiger partial charge on any atom is -0.318 e. The highest BCUT2D eigenvalue weighted by Crippen LogP contribution is 2.41. The van der Waals surface area contributed by atoms with Gasteiger partial charge in [0.25, 0.3) is 0 Å². The van der Waals surface area contributed by atoms with E-state index in [2.05, 4.69) is 31.9 Å². The maximum Gasteiger partial charge on any atom is 0.247 e. The number of benzene rings is 1. The number of carbonyl (C=O) groups is 1. The Labute approximate surface area is 131 Å². The molecule has 1 fully saturated rings. The summed E-state index contributed by atoms with van der Waals surface area (Å²) >= 11 is 8.45. The average molecular weight is 402 g/mol. The quantitative estimate of drug-likeness (QED) is 0.780. The molecule has 3 nitrogen and oxygen atoms in total. The highest BCUT2D eigenvalue weighted by Gasteiger charge is 2.47. The Kier molecular flexibility index (Phi) is 3.51. The van der Waals surface area contributed by atoms with E-state index in [9.17, 15) is 4.79 Å². The molecule has 0 bridgehead atoms. The number of nitrogens with two attached hydrogens (primary N) is 1. The van der Waals surface area contributed by atoms with Crippen LogP contribution in [0.3, 0.4) is 0 Å². The van der Waals surface area contributed by atoms with Crippen molar-refractivity contribution in [3.63, 3.8) is 0 Å². The van der Waals surface area contributed by atoms with Gasteiger partial charge in [-0.05, 0) is 52.3 Å². The first-order valence-electron chi connectivity index (χ1n) is 5.67. The van der Waals surface area contributed by atoms with Crippen LogP contribution in [0.1, 0.15) is 10.9 Å². The first-order chi connectivity index (χ1) is 9.08. The molecule has 0 saturated carbocycles. The predicted octanol–water partition coefficient (Wildman–Crippen LogP) is 3.69. The van der Waals surface area contributed by atoms with E-state index in [1.54, 1.807) is 16.2 Å². The molecule has 0 unspecified atom stereocenters. The first-order valence-corrected chi connectivity index (χ1v) is 8.07. The molecule has 2 N–H and O–H groups in total. The maximum atomic E-state index is 12.0. The SMILES string of the molecule is N[C@H]1C(=O)N(c2ccc(Br)cc2)[C@H]1c1ccc(Br)s1. The van der Waals surface area contributed by atoms with Gasteiger partial charge in [-0.25, -0.2) is 0 Å². The summed E-state index contributed by atoms with van der Waals surface area (Å²) in [4.78, 5) is 14.9. The number of amides is 1. The van der Waals surface area contributed by atoms with Gasteiger partial charge in [-0.1, -0.05) is 15.9 Å². The molecule has 2 heterocycles. The van der Waals surface area contributed by atoms with E-state index < -0.39 is 6.04 Å². The first kappa shape index (κ1) is 13.3. The molecule has 2 aromatic rings. The van der Waals surface area contributed by atoms with Crippen molar-refractivity contribution in [3.05, 3.63) is 49.5 Å². The number of halogens is 2. The molecular weight excluding hydrogens is 392 g/mol. The number of rotatable bonds is 2. The van der Waals surface area contributed by atoms with Gasteiger partial charge in [-0.2, -0.15) is 0 Å². The van der Waals surface area contributed by atoms with Gasteiger partial charge in [0.05, 0.1) is 9.83 Å². The fourth-order valence-corrected chi connectivity index (χ4v) is 4.02. The second kappa shape index (κ2) is 5.01. The molecule has 0 spiro atoms. The van der Waals surface area contributed by atoms with Gasteiger partial charge in [0.15, 0.2) is 0 Å². The molecule has 3 rings (SSSR count). The maximum absolute atomic E-state index is 12.0. The van der Waals surface area contributed by atoms with Gasteiger partial charge in [0.2, 0.25) is 5.91 Å². The van der Waals surface area contributed by atoms with Crippen LogP contribution in [0.25, 0.3) is 0 Å². The Balaban J connectivity index is 1.95. The summed E-state index contributed by atoms with van der Waals surface area (Å²) < 4.78 is 2.04.